The molecule has 176 valence electrons. The van der Waals surface area contributed by atoms with Gasteiger partial charge in [0.1, 0.15) is 5.75 Å². The molecule has 0 saturated carbocycles. The van der Waals surface area contributed by atoms with Gasteiger partial charge in [0.05, 0.1) is 10.4 Å². The summed E-state index contributed by atoms with van der Waals surface area (Å²) in [6.07, 6.45) is 3.38. The highest BCUT2D eigenvalue weighted by atomic mass is 35.5. The van der Waals surface area contributed by atoms with Crippen molar-refractivity contribution in [3.63, 3.8) is 0 Å². The summed E-state index contributed by atoms with van der Waals surface area (Å²) in [5.41, 5.74) is 1.70. The zero-order valence-corrected chi connectivity index (χ0v) is 19.9. The molecule has 0 aliphatic carbocycles. The first-order chi connectivity index (χ1) is 15.9. The summed E-state index contributed by atoms with van der Waals surface area (Å²) in [7, 11) is -3.54. The molecule has 33 heavy (non-hydrogen) atoms. The Morgan fingerprint density at radius 1 is 1.06 bits per heavy atom. The van der Waals surface area contributed by atoms with Crippen molar-refractivity contribution in [2.24, 2.45) is 0 Å². The van der Waals surface area contributed by atoms with E-state index in [1.54, 1.807) is 18.3 Å². The fourth-order valence-corrected chi connectivity index (χ4v) is 4.30. The van der Waals surface area contributed by atoms with Gasteiger partial charge in [0.25, 0.3) is 5.91 Å². The van der Waals surface area contributed by atoms with Crippen LogP contribution in [0.1, 0.15) is 19.8 Å². The van der Waals surface area contributed by atoms with Gasteiger partial charge in [-0.2, -0.15) is 0 Å². The number of aromatic nitrogens is 1. The van der Waals surface area contributed by atoms with E-state index >= 15 is 0 Å². The fourth-order valence-electron chi connectivity index (χ4n) is 3.06. The summed E-state index contributed by atoms with van der Waals surface area (Å²) in [6, 6.07) is 13.3. The molecule has 3 aromatic rings. The van der Waals surface area contributed by atoms with E-state index in [1.807, 2.05) is 19.1 Å². The average molecular weight is 491 g/mol. The highest BCUT2D eigenvalue weighted by molar-refractivity contribution is 7.89. The zero-order chi connectivity index (χ0) is 23.7. The minimum atomic E-state index is -3.54. The molecule has 0 aliphatic rings. The lowest BCUT2D eigenvalue weighted by atomic mass is 10.2. The smallest absolute Gasteiger partial charge is 0.258 e. The van der Waals surface area contributed by atoms with Crippen LogP contribution in [0.15, 0.2) is 59.6 Å². The third-order valence-electron chi connectivity index (χ3n) is 4.79. The maximum absolute atomic E-state index is 12.2. The Bertz CT molecular complexity index is 1190. The Morgan fingerprint density at radius 3 is 2.61 bits per heavy atom. The molecule has 8 nitrogen and oxygen atoms in total. The monoisotopic (exact) mass is 490 g/mol. The molecule has 0 bridgehead atoms. The quantitative estimate of drug-likeness (QED) is 0.335. The van der Waals surface area contributed by atoms with Crippen molar-refractivity contribution >= 4 is 44.1 Å². The van der Waals surface area contributed by atoms with Crippen LogP contribution in [0.4, 0.5) is 5.69 Å². The second kappa shape index (κ2) is 11.8. The van der Waals surface area contributed by atoms with Gasteiger partial charge in [-0.15, -0.1) is 0 Å². The van der Waals surface area contributed by atoms with Crippen LogP contribution in [0, 0.1) is 0 Å². The van der Waals surface area contributed by atoms with Gasteiger partial charge in [0.2, 0.25) is 10.0 Å². The first-order valence-corrected chi connectivity index (χ1v) is 12.5. The van der Waals surface area contributed by atoms with E-state index in [2.05, 4.69) is 20.3 Å². The molecule has 0 fully saturated rings. The van der Waals surface area contributed by atoms with Crippen LogP contribution in [0.5, 0.6) is 5.75 Å². The molecule has 1 aromatic heterocycles. The van der Waals surface area contributed by atoms with Crippen molar-refractivity contribution in [3.8, 4) is 5.75 Å². The van der Waals surface area contributed by atoms with Crippen LogP contribution in [0.2, 0.25) is 5.02 Å². The van der Waals surface area contributed by atoms with Crippen LogP contribution in [-0.4, -0.2) is 45.6 Å². The molecular formula is C23H27ClN4O4S. The SMILES string of the molecule is CCCCNS(=O)(=O)c1ccc(OCC(=O)NCCNc2ccnc3cc(Cl)ccc23)cc1. The Hall–Kier alpha value is -2.88. The Balaban J connectivity index is 1.41. The number of ether oxygens (including phenoxy) is 1. The molecule has 0 unspecified atom stereocenters. The molecule has 3 rings (SSSR count). The van der Waals surface area contributed by atoms with Gasteiger partial charge < -0.3 is 15.4 Å². The second-order valence-corrected chi connectivity index (χ2v) is 9.51. The number of nitrogens with zero attached hydrogens (tertiary/aromatic N) is 1. The van der Waals surface area contributed by atoms with Crippen molar-refractivity contribution < 1.29 is 17.9 Å². The Morgan fingerprint density at radius 2 is 1.85 bits per heavy atom. The number of nitrogens with one attached hydrogen (secondary N) is 3. The first-order valence-electron chi connectivity index (χ1n) is 10.7. The molecule has 1 heterocycles. The van der Waals surface area contributed by atoms with Gasteiger partial charge in [0.15, 0.2) is 6.61 Å². The predicted octanol–water partition coefficient (Wildman–Crippen LogP) is 3.57. The number of carbonyl (C=O) groups is 1. The Kier molecular flexibility index (Phi) is 8.87. The number of hydrogen-bond acceptors (Lipinski definition) is 6. The number of halogens is 1. The summed E-state index contributed by atoms with van der Waals surface area (Å²) >= 11 is 6.01. The number of unbranched alkanes of at least 4 members (excludes halogenated alkanes) is 1. The highest BCUT2D eigenvalue weighted by Crippen LogP contribution is 2.24. The van der Waals surface area contributed by atoms with Crippen LogP contribution in [0.25, 0.3) is 10.9 Å². The van der Waals surface area contributed by atoms with Crippen LogP contribution in [-0.2, 0) is 14.8 Å². The summed E-state index contributed by atoms with van der Waals surface area (Å²) < 4.78 is 32.4. The zero-order valence-electron chi connectivity index (χ0n) is 18.3. The topological polar surface area (TPSA) is 109 Å². The predicted molar refractivity (Wildman–Crippen MR) is 130 cm³/mol. The number of benzene rings is 2. The molecule has 0 aliphatic heterocycles. The molecule has 0 spiro atoms. The van der Waals surface area contributed by atoms with Gasteiger partial charge in [-0.05, 0) is 55.0 Å². The van der Waals surface area contributed by atoms with Crippen molar-refractivity contribution in [2.45, 2.75) is 24.7 Å². The van der Waals surface area contributed by atoms with Crippen molar-refractivity contribution in [2.75, 3.05) is 31.6 Å². The first kappa shape index (κ1) is 24.8. The largest absolute Gasteiger partial charge is 0.484 e. The number of anilines is 1. The minimum Gasteiger partial charge on any atom is -0.484 e. The van der Waals surface area contributed by atoms with Crippen molar-refractivity contribution in [1.29, 1.82) is 0 Å². The summed E-state index contributed by atoms with van der Waals surface area (Å²) in [5, 5.41) is 7.62. The standard InChI is InChI=1S/C23H27ClN4O4S/c1-2-3-11-28-33(30,31)19-7-5-18(6-8-19)32-16-23(29)27-14-13-26-21-10-12-25-22-15-17(24)4-9-20(21)22/h4-10,12,15,28H,2-3,11,13-14,16H2,1H3,(H,25,26)(H,27,29). The Labute approximate surface area is 198 Å². The van der Waals surface area contributed by atoms with Crippen molar-refractivity contribution in [3.05, 3.63) is 59.8 Å². The van der Waals surface area contributed by atoms with E-state index in [4.69, 9.17) is 16.3 Å². The third kappa shape index (κ3) is 7.31. The van der Waals surface area contributed by atoms with Crippen LogP contribution < -0.4 is 20.1 Å². The van der Waals surface area contributed by atoms with Crippen molar-refractivity contribution in [1.82, 2.24) is 15.0 Å². The molecule has 3 N–H and O–H groups in total. The fraction of sp³-hybridized carbons (Fsp3) is 0.304. The third-order valence-corrected chi connectivity index (χ3v) is 6.51. The van der Waals surface area contributed by atoms with Gasteiger partial charge in [-0.25, -0.2) is 13.1 Å². The summed E-state index contributed by atoms with van der Waals surface area (Å²) in [6.45, 7) is 3.15. The molecule has 10 heteroatoms. The lowest BCUT2D eigenvalue weighted by Gasteiger charge is -2.11. The number of carbonyl (C=O) groups excluding carboxylic acids is 1. The second-order valence-electron chi connectivity index (χ2n) is 7.31. The average Bonchev–Trinajstić information content (AvgIpc) is 2.80. The summed E-state index contributed by atoms with van der Waals surface area (Å²) in [5.74, 6) is 0.138. The van der Waals surface area contributed by atoms with E-state index in [0.717, 1.165) is 29.4 Å². The molecule has 1 amide bonds. The van der Waals surface area contributed by atoms with Gasteiger partial charge in [-0.3, -0.25) is 9.78 Å². The molecule has 0 atom stereocenters. The normalized spacial score (nSPS) is 11.3. The summed E-state index contributed by atoms with van der Waals surface area (Å²) in [4.78, 5) is 16.5. The van der Waals surface area contributed by atoms with Gasteiger partial charge >= 0.3 is 0 Å². The van der Waals surface area contributed by atoms with Gasteiger partial charge in [-0.1, -0.05) is 24.9 Å². The minimum absolute atomic E-state index is 0.160. The van der Waals surface area contributed by atoms with E-state index < -0.39 is 10.0 Å². The molecule has 0 saturated heterocycles. The van der Waals surface area contributed by atoms with Gasteiger partial charge in [0, 0.05) is 41.9 Å². The molecule has 0 radical (unpaired) electrons. The lowest BCUT2D eigenvalue weighted by molar-refractivity contribution is -0.123. The number of pyridine rings is 1. The van der Waals surface area contributed by atoms with E-state index in [1.165, 1.54) is 24.3 Å². The number of amides is 1. The number of sulfonamides is 1. The van der Waals surface area contributed by atoms with Crippen LogP contribution in [0.3, 0.4) is 0 Å². The van der Waals surface area contributed by atoms with E-state index in [0.29, 0.717) is 30.4 Å². The number of rotatable bonds is 12. The maximum atomic E-state index is 12.2. The lowest BCUT2D eigenvalue weighted by Crippen LogP contribution is -2.32. The maximum Gasteiger partial charge on any atom is 0.258 e. The van der Waals surface area contributed by atoms with E-state index in [-0.39, 0.29) is 17.4 Å². The number of fused-ring (bicyclic) bond motifs is 1. The van der Waals surface area contributed by atoms with Crippen LogP contribution >= 0.6 is 11.6 Å². The molecular weight excluding hydrogens is 464 g/mol. The molecule has 2 aromatic carbocycles. The number of hydrogen-bond donors (Lipinski definition) is 3. The van der Waals surface area contributed by atoms with E-state index in [9.17, 15) is 13.2 Å². The highest BCUT2D eigenvalue weighted by Gasteiger charge is 2.13.